The Morgan fingerprint density at radius 1 is 1.05 bits per heavy atom. The molecule has 1 amide bonds. The highest BCUT2D eigenvalue weighted by Crippen LogP contribution is 2.16. The fourth-order valence-electron chi connectivity index (χ4n) is 1.76. The van der Waals surface area contributed by atoms with Crippen molar-refractivity contribution in [2.24, 2.45) is 0 Å². The Kier molecular flexibility index (Phi) is 4.95. The van der Waals surface area contributed by atoms with E-state index in [1.165, 1.54) is 19.1 Å². The van der Waals surface area contributed by atoms with E-state index in [1.807, 2.05) is 13.0 Å². The standard InChI is InChI=1S/C16H17NO4S/c1-12-8-10-15(11-9-12)22(19,20)21-13(2)16(18)17-14-6-4-3-5-7-14/h3-11,13H,1-2H3,(H,17,18)/t13-/m1/s1. The van der Waals surface area contributed by atoms with Crippen molar-refractivity contribution in [3.8, 4) is 0 Å². The van der Waals surface area contributed by atoms with Crippen LogP contribution in [0.2, 0.25) is 0 Å². The van der Waals surface area contributed by atoms with Gasteiger partial charge in [-0.05, 0) is 38.1 Å². The van der Waals surface area contributed by atoms with Crippen molar-refractivity contribution in [1.82, 2.24) is 0 Å². The Hall–Kier alpha value is -2.18. The largest absolute Gasteiger partial charge is 0.324 e. The van der Waals surface area contributed by atoms with E-state index in [0.29, 0.717) is 5.69 Å². The molecule has 0 aliphatic carbocycles. The lowest BCUT2D eigenvalue weighted by molar-refractivity contribution is -0.121. The van der Waals surface area contributed by atoms with E-state index in [9.17, 15) is 13.2 Å². The molecule has 1 atom stereocenters. The van der Waals surface area contributed by atoms with Crippen LogP contribution < -0.4 is 5.32 Å². The van der Waals surface area contributed by atoms with E-state index in [-0.39, 0.29) is 4.90 Å². The zero-order chi connectivity index (χ0) is 16.2. The van der Waals surface area contributed by atoms with Crippen LogP contribution >= 0.6 is 0 Å². The van der Waals surface area contributed by atoms with E-state index in [4.69, 9.17) is 4.18 Å². The van der Waals surface area contributed by atoms with Crippen LogP contribution in [0, 0.1) is 6.92 Å². The molecule has 22 heavy (non-hydrogen) atoms. The maximum atomic E-state index is 12.1. The second kappa shape index (κ2) is 6.72. The van der Waals surface area contributed by atoms with Gasteiger partial charge in [-0.15, -0.1) is 0 Å². The Labute approximate surface area is 130 Å². The molecule has 2 aromatic carbocycles. The first-order valence-electron chi connectivity index (χ1n) is 6.74. The van der Waals surface area contributed by atoms with Crippen LogP contribution in [0.25, 0.3) is 0 Å². The van der Waals surface area contributed by atoms with Gasteiger partial charge in [0, 0.05) is 5.69 Å². The number of rotatable bonds is 5. The van der Waals surface area contributed by atoms with Gasteiger partial charge in [0.15, 0.2) is 6.10 Å². The van der Waals surface area contributed by atoms with Crippen molar-refractivity contribution < 1.29 is 17.4 Å². The van der Waals surface area contributed by atoms with Gasteiger partial charge < -0.3 is 5.32 Å². The van der Waals surface area contributed by atoms with Gasteiger partial charge in [-0.2, -0.15) is 8.42 Å². The molecule has 0 spiro atoms. The van der Waals surface area contributed by atoms with Crippen LogP contribution in [0.15, 0.2) is 59.5 Å². The summed E-state index contributed by atoms with van der Waals surface area (Å²) in [7, 11) is -3.97. The van der Waals surface area contributed by atoms with Crippen LogP contribution in [-0.2, 0) is 19.1 Å². The number of carbonyl (C=O) groups excluding carboxylic acids is 1. The first kappa shape index (κ1) is 16.2. The topological polar surface area (TPSA) is 72.5 Å². The summed E-state index contributed by atoms with van der Waals surface area (Å²) in [5.41, 5.74) is 1.52. The third kappa shape index (κ3) is 4.16. The number of anilines is 1. The highest BCUT2D eigenvalue weighted by molar-refractivity contribution is 7.86. The van der Waals surface area contributed by atoms with E-state index < -0.39 is 22.1 Å². The number of hydrogen-bond acceptors (Lipinski definition) is 4. The van der Waals surface area contributed by atoms with Gasteiger partial charge in [-0.3, -0.25) is 8.98 Å². The predicted octanol–water partition coefficient (Wildman–Crippen LogP) is 2.73. The summed E-state index contributed by atoms with van der Waals surface area (Å²) in [4.78, 5) is 12.0. The third-order valence-electron chi connectivity index (χ3n) is 2.99. The zero-order valence-electron chi connectivity index (χ0n) is 12.3. The summed E-state index contributed by atoms with van der Waals surface area (Å²) >= 11 is 0. The van der Waals surface area contributed by atoms with Crippen molar-refractivity contribution in [1.29, 1.82) is 0 Å². The lowest BCUT2D eigenvalue weighted by Gasteiger charge is -2.13. The summed E-state index contributed by atoms with van der Waals surface area (Å²) < 4.78 is 29.2. The van der Waals surface area contributed by atoms with Gasteiger partial charge in [0.2, 0.25) is 0 Å². The molecule has 0 unspecified atom stereocenters. The molecule has 0 aliphatic heterocycles. The summed E-state index contributed by atoms with van der Waals surface area (Å²) in [5.74, 6) is -0.526. The van der Waals surface area contributed by atoms with E-state index in [1.54, 1.807) is 36.4 Å². The highest BCUT2D eigenvalue weighted by atomic mass is 32.2. The molecule has 0 heterocycles. The van der Waals surface area contributed by atoms with Crippen molar-refractivity contribution in [3.63, 3.8) is 0 Å². The van der Waals surface area contributed by atoms with Gasteiger partial charge in [0.1, 0.15) is 0 Å². The summed E-state index contributed by atoms with van der Waals surface area (Å²) in [6.45, 7) is 3.25. The van der Waals surface area contributed by atoms with Gasteiger partial charge >= 0.3 is 0 Å². The third-order valence-corrected chi connectivity index (χ3v) is 4.38. The molecule has 1 N–H and O–H groups in total. The number of amides is 1. The monoisotopic (exact) mass is 319 g/mol. The molecule has 0 radical (unpaired) electrons. The van der Waals surface area contributed by atoms with Crippen molar-refractivity contribution in [2.45, 2.75) is 24.8 Å². The summed E-state index contributed by atoms with van der Waals surface area (Å²) in [6.07, 6.45) is -1.13. The van der Waals surface area contributed by atoms with E-state index >= 15 is 0 Å². The predicted molar refractivity (Wildman–Crippen MR) is 84.0 cm³/mol. The minimum Gasteiger partial charge on any atom is -0.324 e. The molecule has 0 aromatic heterocycles. The molecule has 0 fully saturated rings. The first-order chi connectivity index (χ1) is 10.4. The molecule has 0 aliphatic rings. The van der Waals surface area contributed by atoms with Gasteiger partial charge in [-0.25, -0.2) is 0 Å². The van der Waals surface area contributed by atoms with Crippen molar-refractivity contribution in [3.05, 3.63) is 60.2 Å². The van der Waals surface area contributed by atoms with Gasteiger partial charge in [-0.1, -0.05) is 35.9 Å². The maximum absolute atomic E-state index is 12.1. The summed E-state index contributed by atoms with van der Waals surface area (Å²) in [5, 5.41) is 2.60. The van der Waals surface area contributed by atoms with Crippen LogP contribution in [0.3, 0.4) is 0 Å². The molecule has 2 aromatic rings. The molecule has 2 rings (SSSR count). The van der Waals surface area contributed by atoms with Crippen LogP contribution in [0.1, 0.15) is 12.5 Å². The number of nitrogens with one attached hydrogen (secondary N) is 1. The van der Waals surface area contributed by atoms with Crippen molar-refractivity contribution in [2.75, 3.05) is 5.32 Å². The van der Waals surface area contributed by atoms with Gasteiger partial charge in [0.05, 0.1) is 4.90 Å². The summed E-state index contributed by atoms with van der Waals surface area (Å²) in [6, 6.07) is 15.0. The number of aryl methyl sites for hydroxylation is 1. The first-order valence-corrected chi connectivity index (χ1v) is 8.15. The van der Waals surface area contributed by atoms with Crippen LogP contribution in [0.5, 0.6) is 0 Å². The molecular weight excluding hydrogens is 302 g/mol. The normalized spacial score (nSPS) is 12.6. The average Bonchev–Trinajstić information content (AvgIpc) is 2.48. The molecule has 0 saturated heterocycles. The molecular formula is C16H17NO4S. The lowest BCUT2D eigenvalue weighted by atomic mass is 10.2. The van der Waals surface area contributed by atoms with Crippen molar-refractivity contribution >= 4 is 21.7 Å². The molecule has 0 saturated carbocycles. The minimum atomic E-state index is -3.97. The van der Waals surface area contributed by atoms with Gasteiger partial charge in [0.25, 0.3) is 16.0 Å². The number of benzene rings is 2. The number of para-hydroxylation sites is 1. The van der Waals surface area contributed by atoms with Crippen LogP contribution in [-0.4, -0.2) is 20.4 Å². The van der Waals surface area contributed by atoms with E-state index in [2.05, 4.69) is 5.32 Å². The number of carbonyl (C=O) groups is 1. The molecule has 116 valence electrons. The fourth-order valence-corrected chi connectivity index (χ4v) is 2.81. The highest BCUT2D eigenvalue weighted by Gasteiger charge is 2.23. The smallest absolute Gasteiger partial charge is 0.297 e. The minimum absolute atomic E-state index is 0.0254. The molecule has 5 nitrogen and oxygen atoms in total. The Morgan fingerprint density at radius 3 is 2.23 bits per heavy atom. The second-order valence-electron chi connectivity index (χ2n) is 4.86. The van der Waals surface area contributed by atoms with E-state index in [0.717, 1.165) is 5.56 Å². The maximum Gasteiger partial charge on any atom is 0.297 e. The Bertz CT molecular complexity index is 739. The average molecular weight is 319 g/mol. The molecule has 0 bridgehead atoms. The second-order valence-corrected chi connectivity index (χ2v) is 6.43. The SMILES string of the molecule is Cc1ccc(S(=O)(=O)O[C@H](C)C(=O)Nc2ccccc2)cc1. The van der Waals surface area contributed by atoms with Crippen LogP contribution in [0.4, 0.5) is 5.69 Å². The Morgan fingerprint density at radius 2 is 1.64 bits per heavy atom. The zero-order valence-corrected chi connectivity index (χ0v) is 13.1. The number of hydrogen-bond donors (Lipinski definition) is 1. The fraction of sp³-hybridized carbons (Fsp3) is 0.188. The molecule has 6 heteroatoms. The quantitative estimate of drug-likeness (QED) is 0.860. The Balaban J connectivity index is 2.05. The lowest BCUT2D eigenvalue weighted by Crippen LogP contribution is -2.30.